The van der Waals surface area contributed by atoms with Crippen LogP contribution in [-0.4, -0.2) is 54.2 Å². The molecule has 2 fully saturated rings. The van der Waals surface area contributed by atoms with E-state index in [4.69, 9.17) is 4.74 Å². The van der Waals surface area contributed by atoms with E-state index in [0.717, 1.165) is 0 Å². The van der Waals surface area contributed by atoms with Gasteiger partial charge in [0.15, 0.2) is 0 Å². The van der Waals surface area contributed by atoms with Crippen molar-refractivity contribution in [2.75, 3.05) is 19.7 Å². The zero-order chi connectivity index (χ0) is 15.8. The normalized spacial score (nSPS) is 28.8. The van der Waals surface area contributed by atoms with Crippen molar-refractivity contribution in [1.29, 1.82) is 0 Å². The summed E-state index contributed by atoms with van der Waals surface area (Å²) in [6.07, 6.45) is -1.20. The van der Waals surface area contributed by atoms with Gasteiger partial charge in [0.2, 0.25) is 5.91 Å². The van der Waals surface area contributed by atoms with E-state index in [2.05, 4.69) is 0 Å². The average molecular weight is 305 g/mol. The van der Waals surface area contributed by atoms with Crippen LogP contribution < -0.4 is 0 Å². The van der Waals surface area contributed by atoms with Crippen LogP contribution in [0.25, 0.3) is 0 Å². The van der Waals surface area contributed by atoms with Crippen molar-refractivity contribution in [3.63, 3.8) is 0 Å². The fraction of sp³-hybridized carbons (Fsp3) is 0.933. The van der Waals surface area contributed by atoms with Gasteiger partial charge >= 0.3 is 0 Å². The zero-order valence-corrected chi connectivity index (χ0v) is 12.9. The lowest BCUT2D eigenvalue weighted by Crippen LogP contribution is -2.63. The SMILES string of the molecule is CCO[C@H]1C[C@@H](O)C12CCN(C(=O)C(C)(C)C(F)F)CC2. The van der Waals surface area contributed by atoms with E-state index in [0.29, 0.717) is 39.0 Å². The molecule has 21 heavy (non-hydrogen) atoms. The maximum Gasteiger partial charge on any atom is 0.252 e. The standard InChI is InChI=1S/C15H25F2NO3/c1-4-21-11-9-10(19)15(11)5-7-18(8-6-15)13(20)14(2,3)12(16)17/h10-12,19H,4-9H2,1-3H3/t10-,11+/m1/s1. The topological polar surface area (TPSA) is 49.8 Å². The van der Waals surface area contributed by atoms with E-state index >= 15 is 0 Å². The molecule has 1 spiro atoms. The summed E-state index contributed by atoms with van der Waals surface area (Å²) in [5.41, 5.74) is -1.94. The molecule has 1 saturated carbocycles. The van der Waals surface area contributed by atoms with Gasteiger partial charge in [0.05, 0.1) is 12.2 Å². The van der Waals surface area contributed by atoms with Crippen LogP contribution >= 0.6 is 0 Å². The van der Waals surface area contributed by atoms with Crippen LogP contribution in [0, 0.1) is 10.8 Å². The first-order valence-electron chi connectivity index (χ1n) is 7.63. The van der Waals surface area contributed by atoms with Gasteiger partial charge in [-0.25, -0.2) is 8.78 Å². The molecule has 0 aromatic heterocycles. The Labute approximate surface area is 124 Å². The molecule has 6 heteroatoms. The van der Waals surface area contributed by atoms with Crippen LogP contribution in [0.3, 0.4) is 0 Å². The molecule has 0 aromatic rings. The first kappa shape index (κ1) is 16.6. The van der Waals surface area contributed by atoms with Crippen LogP contribution in [0.1, 0.15) is 40.0 Å². The fourth-order valence-corrected chi connectivity index (χ4v) is 3.44. The Morgan fingerprint density at radius 1 is 1.43 bits per heavy atom. The van der Waals surface area contributed by atoms with Crippen molar-refractivity contribution < 1.29 is 23.4 Å². The summed E-state index contributed by atoms with van der Waals surface area (Å²) in [5, 5.41) is 10.1. The zero-order valence-electron chi connectivity index (χ0n) is 12.9. The number of hydrogen-bond donors (Lipinski definition) is 1. The third-order valence-electron chi connectivity index (χ3n) is 5.19. The second-order valence-corrected chi connectivity index (χ2v) is 6.74. The van der Waals surface area contributed by atoms with Gasteiger partial charge in [0.25, 0.3) is 6.43 Å². The summed E-state index contributed by atoms with van der Waals surface area (Å²) in [4.78, 5) is 13.7. The summed E-state index contributed by atoms with van der Waals surface area (Å²) in [6.45, 7) is 5.91. The molecule has 4 nitrogen and oxygen atoms in total. The molecule has 1 saturated heterocycles. The van der Waals surface area contributed by atoms with Gasteiger partial charge in [0.1, 0.15) is 5.41 Å². The molecule has 1 aliphatic heterocycles. The highest BCUT2D eigenvalue weighted by molar-refractivity contribution is 5.82. The van der Waals surface area contributed by atoms with E-state index in [1.807, 2.05) is 6.92 Å². The Morgan fingerprint density at radius 2 is 2.00 bits per heavy atom. The predicted molar refractivity (Wildman–Crippen MR) is 74.1 cm³/mol. The predicted octanol–water partition coefficient (Wildman–Crippen LogP) is 2.06. The van der Waals surface area contributed by atoms with Gasteiger partial charge < -0.3 is 14.7 Å². The fourth-order valence-electron chi connectivity index (χ4n) is 3.44. The van der Waals surface area contributed by atoms with Crippen molar-refractivity contribution >= 4 is 5.91 Å². The highest BCUT2D eigenvalue weighted by Gasteiger charge is 2.57. The highest BCUT2D eigenvalue weighted by Crippen LogP contribution is 2.51. The number of hydrogen-bond acceptors (Lipinski definition) is 3. The van der Waals surface area contributed by atoms with Crippen LogP contribution in [0.5, 0.6) is 0 Å². The van der Waals surface area contributed by atoms with E-state index < -0.39 is 23.9 Å². The van der Waals surface area contributed by atoms with Gasteiger partial charge in [-0.15, -0.1) is 0 Å². The molecule has 1 aliphatic carbocycles. The van der Waals surface area contributed by atoms with Crippen LogP contribution in [0.4, 0.5) is 8.78 Å². The Hall–Kier alpha value is -0.750. The monoisotopic (exact) mass is 305 g/mol. The van der Waals surface area contributed by atoms with Crippen molar-refractivity contribution in [3.8, 4) is 0 Å². The summed E-state index contributed by atoms with van der Waals surface area (Å²) in [7, 11) is 0. The summed E-state index contributed by atoms with van der Waals surface area (Å²) < 4.78 is 31.6. The number of piperidine rings is 1. The van der Waals surface area contributed by atoms with Gasteiger partial charge in [-0.1, -0.05) is 0 Å². The number of alkyl halides is 2. The molecule has 0 radical (unpaired) electrons. The summed E-state index contributed by atoms with van der Waals surface area (Å²) >= 11 is 0. The number of aliphatic hydroxyl groups is 1. The molecular formula is C15H25F2NO3. The molecule has 0 unspecified atom stereocenters. The lowest BCUT2D eigenvalue weighted by Gasteiger charge is -2.57. The van der Waals surface area contributed by atoms with E-state index in [9.17, 15) is 18.7 Å². The van der Waals surface area contributed by atoms with Crippen molar-refractivity contribution in [2.24, 2.45) is 10.8 Å². The summed E-state index contributed by atoms with van der Waals surface area (Å²) in [5.74, 6) is -0.505. The van der Waals surface area contributed by atoms with E-state index in [1.165, 1.54) is 18.7 Å². The Balaban J connectivity index is 1.99. The smallest absolute Gasteiger partial charge is 0.252 e. The number of carbonyl (C=O) groups excluding carboxylic acids is 1. The number of rotatable bonds is 4. The highest BCUT2D eigenvalue weighted by atomic mass is 19.3. The number of carbonyl (C=O) groups is 1. The second-order valence-electron chi connectivity index (χ2n) is 6.74. The van der Waals surface area contributed by atoms with Gasteiger partial charge in [-0.3, -0.25) is 4.79 Å². The third kappa shape index (κ3) is 2.68. The third-order valence-corrected chi connectivity index (χ3v) is 5.19. The summed E-state index contributed by atoms with van der Waals surface area (Å²) in [6, 6.07) is 0. The molecule has 1 heterocycles. The van der Waals surface area contributed by atoms with E-state index in [1.54, 1.807) is 0 Å². The number of amides is 1. The molecule has 0 aromatic carbocycles. The number of nitrogens with zero attached hydrogens (tertiary/aromatic N) is 1. The van der Waals surface area contributed by atoms with Crippen LogP contribution in [-0.2, 0) is 9.53 Å². The minimum absolute atomic E-state index is 0.0258. The second kappa shape index (κ2) is 5.80. The first-order valence-corrected chi connectivity index (χ1v) is 7.63. The van der Waals surface area contributed by atoms with Crippen molar-refractivity contribution in [1.82, 2.24) is 4.90 Å². The quantitative estimate of drug-likeness (QED) is 0.865. The Kier molecular flexibility index (Phi) is 4.59. The Morgan fingerprint density at radius 3 is 2.43 bits per heavy atom. The lowest BCUT2D eigenvalue weighted by molar-refractivity contribution is -0.211. The first-order chi connectivity index (χ1) is 9.75. The average Bonchev–Trinajstić information content (AvgIpc) is 2.46. The minimum Gasteiger partial charge on any atom is -0.392 e. The lowest BCUT2D eigenvalue weighted by atomic mass is 9.58. The van der Waals surface area contributed by atoms with Crippen LogP contribution in [0.15, 0.2) is 0 Å². The number of aliphatic hydroxyl groups excluding tert-OH is 1. The Bertz CT molecular complexity index is 390. The molecule has 122 valence electrons. The largest absolute Gasteiger partial charge is 0.392 e. The molecule has 1 amide bonds. The molecule has 0 bridgehead atoms. The van der Waals surface area contributed by atoms with Gasteiger partial charge in [0, 0.05) is 31.5 Å². The number of halogens is 2. The van der Waals surface area contributed by atoms with Crippen molar-refractivity contribution in [2.45, 2.75) is 58.7 Å². The van der Waals surface area contributed by atoms with Gasteiger partial charge in [-0.2, -0.15) is 0 Å². The minimum atomic E-state index is -2.67. The maximum atomic E-state index is 13.0. The molecule has 2 atom stereocenters. The number of likely N-dealkylation sites (tertiary alicyclic amines) is 1. The number of ether oxygens (including phenoxy) is 1. The molecule has 2 rings (SSSR count). The van der Waals surface area contributed by atoms with Crippen molar-refractivity contribution in [3.05, 3.63) is 0 Å². The van der Waals surface area contributed by atoms with Crippen LogP contribution in [0.2, 0.25) is 0 Å². The molecule has 2 aliphatic rings. The van der Waals surface area contributed by atoms with E-state index in [-0.39, 0.29) is 11.5 Å². The molecular weight excluding hydrogens is 280 g/mol. The molecule has 1 N–H and O–H groups in total. The maximum absolute atomic E-state index is 13.0. The van der Waals surface area contributed by atoms with Gasteiger partial charge in [-0.05, 0) is 33.6 Å².